The van der Waals surface area contributed by atoms with E-state index in [0.717, 1.165) is 6.26 Å². The fourth-order valence-corrected chi connectivity index (χ4v) is 3.26. The number of sulfone groups is 1. The van der Waals surface area contributed by atoms with Crippen LogP contribution >= 0.6 is 11.6 Å². The number of aryl methyl sites for hydroxylation is 1. The van der Waals surface area contributed by atoms with Crippen molar-refractivity contribution >= 4 is 27.4 Å². The number of carboxylic acid groups (broad SMARTS) is 1. The van der Waals surface area contributed by atoms with Gasteiger partial charge in [-0.05, 0) is 18.2 Å². The highest BCUT2D eigenvalue weighted by atomic mass is 35.5. The van der Waals surface area contributed by atoms with Crippen LogP contribution in [0.25, 0.3) is 11.3 Å². The SMILES string of the molecule is COc1c(Cl)cc(-c2cc(C(=O)O)nn2C)cc1S(C)(=O)=O. The minimum absolute atomic E-state index is 0.0496. The van der Waals surface area contributed by atoms with Gasteiger partial charge in [0.25, 0.3) is 0 Å². The quantitative estimate of drug-likeness (QED) is 0.908. The predicted molar refractivity (Wildman–Crippen MR) is 80.3 cm³/mol. The highest BCUT2D eigenvalue weighted by Gasteiger charge is 2.21. The van der Waals surface area contributed by atoms with Crippen molar-refractivity contribution in [3.05, 3.63) is 28.9 Å². The summed E-state index contributed by atoms with van der Waals surface area (Å²) in [7, 11) is -0.699. The zero-order chi connectivity index (χ0) is 16.7. The maximum Gasteiger partial charge on any atom is 0.356 e. The molecule has 0 amide bonds. The van der Waals surface area contributed by atoms with Crippen molar-refractivity contribution in [3.63, 3.8) is 0 Å². The van der Waals surface area contributed by atoms with E-state index in [1.54, 1.807) is 7.05 Å². The van der Waals surface area contributed by atoms with Crippen molar-refractivity contribution in [1.82, 2.24) is 9.78 Å². The highest BCUT2D eigenvalue weighted by Crippen LogP contribution is 2.36. The number of hydrogen-bond acceptors (Lipinski definition) is 5. The second-order valence-corrected chi connectivity index (χ2v) is 7.00. The molecular weight excluding hydrogens is 332 g/mol. The Balaban J connectivity index is 2.73. The van der Waals surface area contributed by atoms with E-state index >= 15 is 0 Å². The number of nitrogens with zero attached hydrogens (tertiary/aromatic N) is 2. The largest absolute Gasteiger partial charge is 0.494 e. The van der Waals surface area contributed by atoms with Crippen LogP contribution in [0.5, 0.6) is 5.75 Å². The van der Waals surface area contributed by atoms with Crippen LogP contribution in [0, 0.1) is 0 Å². The number of ether oxygens (including phenoxy) is 1. The van der Waals surface area contributed by atoms with E-state index in [1.807, 2.05) is 0 Å². The van der Waals surface area contributed by atoms with Crippen molar-refractivity contribution in [2.75, 3.05) is 13.4 Å². The summed E-state index contributed by atoms with van der Waals surface area (Å²) in [5.41, 5.74) is 0.700. The van der Waals surface area contributed by atoms with Crippen LogP contribution in [-0.4, -0.2) is 42.6 Å². The fraction of sp³-hybridized carbons (Fsp3) is 0.231. The molecule has 0 fully saturated rings. The third-order valence-corrected chi connectivity index (χ3v) is 4.39. The normalized spacial score (nSPS) is 11.5. The monoisotopic (exact) mass is 344 g/mol. The Kier molecular flexibility index (Phi) is 4.17. The van der Waals surface area contributed by atoms with Gasteiger partial charge in [0.1, 0.15) is 4.90 Å². The van der Waals surface area contributed by atoms with Gasteiger partial charge < -0.3 is 9.84 Å². The third kappa shape index (κ3) is 2.93. The molecule has 118 valence electrons. The molecule has 1 N–H and O–H groups in total. The molecule has 1 aromatic heterocycles. The molecule has 0 radical (unpaired) electrons. The number of hydrogen-bond donors (Lipinski definition) is 1. The molecule has 0 aliphatic carbocycles. The standard InChI is InChI=1S/C13H13ClN2O5S/c1-16-10(6-9(15-16)13(17)18)7-4-8(14)12(21-2)11(5-7)22(3,19)20/h4-6H,1-3H3,(H,17,18). The van der Waals surface area contributed by atoms with Crippen LogP contribution in [0.15, 0.2) is 23.1 Å². The Morgan fingerprint density at radius 1 is 1.36 bits per heavy atom. The average molecular weight is 345 g/mol. The van der Waals surface area contributed by atoms with Crippen molar-refractivity contribution in [2.45, 2.75) is 4.90 Å². The molecule has 2 aromatic rings. The summed E-state index contributed by atoms with van der Waals surface area (Å²) in [4.78, 5) is 10.9. The van der Waals surface area contributed by atoms with E-state index in [0.29, 0.717) is 11.3 Å². The van der Waals surface area contributed by atoms with Gasteiger partial charge in [-0.2, -0.15) is 5.10 Å². The number of rotatable bonds is 4. The second-order valence-electron chi connectivity index (χ2n) is 4.61. The molecule has 9 heteroatoms. The van der Waals surface area contributed by atoms with E-state index in [-0.39, 0.29) is 21.4 Å². The lowest BCUT2D eigenvalue weighted by Gasteiger charge is -2.11. The molecular formula is C13H13ClN2O5S. The summed E-state index contributed by atoms with van der Waals surface area (Å²) < 4.78 is 30.2. The number of aromatic nitrogens is 2. The lowest BCUT2D eigenvalue weighted by Crippen LogP contribution is -2.03. The second kappa shape index (κ2) is 5.62. The molecule has 7 nitrogen and oxygen atoms in total. The first-order chi connectivity index (χ1) is 10.1. The molecule has 22 heavy (non-hydrogen) atoms. The zero-order valence-electron chi connectivity index (χ0n) is 12.0. The predicted octanol–water partition coefficient (Wildman–Crippen LogP) is 1.85. The van der Waals surface area contributed by atoms with Crippen LogP contribution < -0.4 is 4.74 Å². The molecule has 2 rings (SSSR count). The number of halogens is 1. The van der Waals surface area contributed by atoms with Gasteiger partial charge in [-0.3, -0.25) is 4.68 Å². The summed E-state index contributed by atoms with van der Waals surface area (Å²) >= 11 is 6.08. The van der Waals surface area contributed by atoms with Gasteiger partial charge in [-0.25, -0.2) is 13.2 Å². The number of methoxy groups -OCH3 is 1. The van der Waals surface area contributed by atoms with Gasteiger partial charge in [-0.15, -0.1) is 0 Å². The van der Waals surface area contributed by atoms with Gasteiger partial charge >= 0.3 is 5.97 Å². The molecule has 0 unspecified atom stereocenters. The smallest absolute Gasteiger partial charge is 0.356 e. The minimum atomic E-state index is -3.58. The molecule has 0 aliphatic heterocycles. The van der Waals surface area contributed by atoms with Gasteiger partial charge in [-0.1, -0.05) is 11.6 Å². The van der Waals surface area contributed by atoms with Crippen LogP contribution in [0.1, 0.15) is 10.5 Å². The van der Waals surface area contributed by atoms with E-state index < -0.39 is 15.8 Å². The van der Waals surface area contributed by atoms with E-state index in [4.69, 9.17) is 21.4 Å². The first kappa shape index (κ1) is 16.3. The first-order valence-corrected chi connectivity index (χ1v) is 8.27. The number of carboxylic acids is 1. The Morgan fingerprint density at radius 2 is 2.00 bits per heavy atom. The fourth-order valence-electron chi connectivity index (χ4n) is 2.03. The van der Waals surface area contributed by atoms with Crippen LogP contribution in [0.4, 0.5) is 0 Å². The lowest BCUT2D eigenvalue weighted by atomic mass is 10.1. The van der Waals surface area contributed by atoms with E-state index in [2.05, 4.69) is 5.10 Å². The van der Waals surface area contributed by atoms with E-state index in [1.165, 1.54) is 30.0 Å². The summed E-state index contributed by atoms with van der Waals surface area (Å²) in [6.45, 7) is 0. The van der Waals surface area contributed by atoms with Gasteiger partial charge in [0.05, 0.1) is 17.8 Å². The molecule has 0 aliphatic rings. The van der Waals surface area contributed by atoms with Crippen molar-refractivity contribution in [2.24, 2.45) is 7.05 Å². The highest BCUT2D eigenvalue weighted by molar-refractivity contribution is 7.90. The average Bonchev–Trinajstić information content (AvgIpc) is 2.79. The number of aromatic carboxylic acids is 1. The topological polar surface area (TPSA) is 98.5 Å². The van der Waals surface area contributed by atoms with Crippen LogP contribution in [-0.2, 0) is 16.9 Å². The van der Waals surface area contributed by atoms with Crippen molar-refractivity contribution in [1.29, 1.82) is 0 Å². The molecule has 0 spiro atoms. The Morgan fingerprint density at radius 3 is 2.45 bits per heavy atom. The molecule has 1 aromatic carbocycles. The number of benzene rings is 1. The first-order valence-electron chi connectivity index (χ1n) is 6.00. The van der Waals surface area contributed by atoms with Gasteiger partial charge in [0.15, 0.2) is 21.3 Å². The summed E-state index contributed by atoms with van der Waals surface area (Å²) in [5, 5.41) is 12.9. The number of carbonyl (C=O) groups is 1. The van der Waals surface area contributed by atoms with Crippen LogP contribution in [0.3, 0.4) is 0 Å². The van der Waals surface area contributed by atoms with Crippen LogP contribution in [0.2, 0.25) is 5.02 Å². The maximum atomic E-state index is 11.9. The third-order valence-electron chi connectivity index (χ3n) is 3.01. The van der Waals surface area contributed by atoms with E-state index in [9.17, 15) is 13.2 Å². The summed E-state index contributed by atoms with van der Waals surface area (Å²) in [6, 6.07) is 4.22. The van der Waals surface area contributed by atoms with Crippen molar-refractivity contribution < 1.29 is 23.1 Å². The molecule has 0 bridgehead atoms. The van der Waals surface area contributed by atoms with Crippen molar-refractivity contribution in [3.8, 4) is 17.0 Å². The minimum Gasteiger partial charge on any atom is -0.494 e. The summed E-state index contributed by atoms with van der Waals surface area (Å²) in [6.07, 6.45) is 1.04. The maximum absolute atomic E-state index is 11.9. The summed E-state index contributed by atoms with van der Waals surface area (Å²) in [5.74, 6) is -1.13. The van der Waals surface area contributed by atoms with Gasteiger partial charge in [0.2, 0.25) is 0 Å². The van der Waals surface area contributed by atoms with Gasteiger partial charge in [0, 0.05) is 18.9 Å². The lowest BCUT2D eigenvalue weighted by molar-refractivity contribution is 0.0689. The molecule has 0 saturated carbocycles. The molecule has 0 atom stereocenters. The molecule has 1 heterocycles. The Bertz CT molecular complexity index is 858. The Hall–Kier alpha value is -2.06. The molecule has 0 saturated heterocycles. The Labute approximate surface area is 132 Å². The zero-order valence-corrected chi connectivity index (χ0v) is 13.6.